The molecule has 0 radical (unpaired) electrons. The number of rotatable bonds is 4. The maximum absolute atomic E-state index is 12.2. The van der Waals surface area contributed by atoms with Crippen LogP contribution < -0.4 is 10.6 Å². The highest BCUT2D eigenvalue weighted by Gasteiger charge is 2.17. The standard InChI is InChI=1S/C18H21N3O2/c1-18(2,3)21-17(23)15-11-14(9-10-19-15)16(22)20-12-13-7-5-4-6-8-13/h4-11H,12H2,1-3H3,(H,20,22)(H,21,23). The molecule has 2 N–H and O–H groups in total. The van der Waals surface area contributed by atoms with E-state index in [4.69, 9.17) is 0 Å². The van der Waals surface area contributed by atoms with Gasteiger partial charge in [-0.1, -0.05) is 30.3 Å². The molecule has 0 bridgehead atoms. The first-order valence-electron chi connectivity index (χ1n) is 7.46. The Morgan fingerprint density at radius 1 is 1.04 bits per heavy atom. The quantitative estimate of drug-likeness (QED) is 0.911. The van der Waals surface area contributed by atoms with Gasteiger partial charge in [0.2, 0.25) is 0 Å². The zero-order chi connectivity index (χ0) is 16.9. The first kappa shape index (κ1) is 16.7. The number of aromatic nitrogens is 1. The van der Waals surface area contributed by atoms with Crippen LogP contribution in [0, 0.1) is 0 Å². The van der Waals surface area contributed by atoms with Gasteiger partial charge >= 0.3 is 0 Å². The lowest BCUT2D eigenvalue weighted by molar-refractivity contribution is 0.0914. The molecule has 1 aromatic heterocycles. The highest BCUT2D eigenvalue weighted by Crippen LogP contribution is 2.06. The molecule has 1 aromatic carbocycles. The van der Waals surface area contributed by atoms with E-state index in [1.807, 2.05) is 51.1 Å². The average Bonchev–Trinajstić information content (AvgIpc) is 2.52. The summed E-state index contributed by atoms with van der Waals surface area (Å²) in [6.45, 7) is 6.11. The number of pyridine rings is 1. The van der Waals surface area contributed by atoms with Gasteiger partial charge in [0.15, 0.2) is 0 Å². The van der Waals surface area contributed by atoms with Crippen LogP contribution in [0.3, 0.4) is 0 Å². The molecule has 120 valence electrons. The molecule has 0 aliphatic carbocycles. The van der Waals surface area contributed by atoms with Gasteiger partial charge in [-0.15, -0.1) is 0 Å². The molecule has 0 spiro atoms. The van der Waals surface area contributed by atoms with Crippen LogP contribution in [-0.4, -0.2) is 22.3 Å². The zero-order valence-corrected chi connectivity index (χ0v) is 13.6. The molecular formula is C18H21N3O2. The molecule has 2 rings (SSSR count). The fourth-order valence-corrected chi connectivity index (χ4v) is 1.98. The van der Waals surface area contributed by atoms with E-state index in [0.29, 0.717) is 12.1 Å². The van der Waals surface area contributed by atoms with Crippen molar-refractivity contribution in [1.29, 1.82) is 0 Å². The first-order chi connectivity index (χ1) is 10.8. The number of carbonyl (C=O) groups is 2. The Balaban J connectivity index is 2.04. The van der Waals surface area contributed by atoms with Crippen molar-refractivity contribution >= 4 is 11.8 Å². The lowest BCUT2D eigenvalue weighted by Gasteiger charge is -2.20. The lowest BCUT2D eigenvalue weighted by atomic mass is 10.1. The normalized spacial score (nSPS) is 10.9. The third-order valence-electron chi connectivity index (χ3n) is 3.04. The molecule has 0 saturated carbocycles. The van der Waals surface area contributed by atoms with E-state index in [2.05, 4.69) is 15.6 Å². The lowest BCUT2D eigenvalue weighted by Crippen LogP contribution is -2.41. The summed E-state index contributed by atoms with van der Waals surface area (Å²) in [5.74, 6) is -0.531. The highest BCUT2D eigenvalue weighted by atomic mass is 16.2. The van der Waals surface area contributed by atoms with E-state index in [1.165, 1.54) is 12.3 Å². The molecule has 0 fully saturated rings. The van der Waals surface area contributed by atoms with Crippen molar-refractivity contribution in [2.45, 2.75) is 32.9 Å². The molecule has 0 aliphatic heterocycles. The largest absolute Gasteiger partial charge is 0.348 e. The molecule has 5 nitrogen and oxygen atoms in total. The molecule has 2 aromatic rings. The van der Waals surface area contributed by atoms with E-state index in [0.717, 1.165) is 5.56 Å². The Morgan fingerprint density at radius 3 is 2.39 bits per heavy atom. The van der Waals surface area contributed by atoms with Crippen LogP contribution in [0.4, 0.5) is 0 Å². The fraction of sp³-hybridized carbons (Fsp3) is 0.278. The molecular weight excluding hydrogens is 290 g/mol. The maximum atomic E-state index is 12.2. The van der Waals surface area contributed by atoms with Crippen LogP contribution in [0.15, 0.2) is 48.7 Å². The minimum absolute atomic E-state index is 0.229. The molecule has 5 heteroatoms. The zero-order valence-electron chi connectivity index (χ0n) is 13.6. The molecule has 2 amide bonds. The van der Waals surface area contributed by atoms with Crippen LogP contribution in [0.5, 0.6) is 0 Å². The first-order valence-corrected chi connectivity index (χ1v) is 7.46. The van der Waals surface area contributed by atoms with Crippen LogP contribution in [0.2, 0.25) is 0 Å². The van der Waals surface area contributed by atoms with Gasteiger partial charge in [-0.2, -0.15) is 0 Å². The Bertz CT molecular complexity index is 691. The summed E-state index contributed by atoms with van der Waals surface area (Å²) >= 11 is 0. The third-order valence-corrected chi connectivity index (χ3v) is 3.04. The van der Waals surface area contributed by atoms with Crippen LogP contribution >= 0.6 is 0 Å². The second kappa shape index (κ2) is 7.05. The number of nitrogens with one attached hydrogen (secondary N) is 2. The van der Waals surface area contributed by atoms with Gasteiger partial charge in [-0.25, -0.2) is 0 Å². The summed E-state index contributed by atoms with van der Waals surface area (Å²) in [5, 5.41) is 5.66. The van der Waals surface area contributed by atoms with E-state index in [1.54, 1.807) is 6.07 Å². The van der Waals surface area contributed by atoms with Crippen molar-refractivity contribution in [1.82, 2.24) is 15.6 Å². The smallest absolute Gasteiger partial charge is 0.270 e. The summed E-state index contributed by atoms with van der Waals surface area (Å²) < 4.78 is 0. The second-order valence-electron chi connectivity index (χ2n) is 6.30. The Hall–Kier alpha value is -2.69. The van der Waals surface area contributed by atoms with Crippen molar-refractivity contribution in [2.75, 3.05) is 0 Å². The Kier molecular flexibility index (Phi) is 5.11. The molecule has 0 aliphatic rings. The monoisotopic (exact) mass is 311 g/mol. The average molecular weight is 311 g/mol. The molecule has 0 atom stereocenters. The predicted molar refractivity (Wildman–Crippen MR) is 89.1 cm³/mol. The van der Waals surface area contributed by atoms with Crippen LogP contribution in [0.1, 0.15) is 47.2 Å². The number of benzene rings is 1. The summed E-state index contributed by atoms with van der Waals surface area (Å²) in [5.41, 5.74) is 1.30. The van der Waals surface area contributed by atoms with Gasteiger partial charge in [-0.3, -0.25) is 14.6 Å². The van der Waals surface area contributed by atoms with Crippen molar-refractivity contribution in [2.24, 2.45) is 0 Å². The Morgan fingerprint density at radius 2 is 1.74 bits per heavy atom. The highest BCUT2D eigenvalue weighted by molar-refractivity contribution is 5.98. The molecule has 0 unspecified atom stereocenters. The molecule has 1 heterocycles. The summed E-state index contributed by atoms with van der Waals surface area (Å²) in [4.78, 5) is 28.3. The van der Waals surface area contributed by atoms with Gasteiger partial charge in [0.25, 0.3) is 11.8 Å². The number of hydrogen-bond donors (Lipinski definition) is 2. The predicted octanol–water partition coefficient (Wildman–Crippen LogP) is 2.54. The maximum Gasteiger partial charge on any atom is 0.270 e. The molecule has 23 heavy (non-hydrogen) atoms. The van der Waals surface area contributed by atoms with Gasteiger partial charge < -0.3 is 10.6 Å². The van der Waals surface area contributed by atoms with E-state index >= 15 is 0 Å². The SMILES string of the molecule is CC(C)(C)NC(=O)c1cc(C(=O)NCc2ccccc2)ccn1. The number of hydrogen-bond acceptors (Lipinski definition) is 3. The number of carbonyl (C=O) groups excluding carboxylic acids is 2. The third kappa shape index (κ3) is 5.21. The van der Waals surface area contributed by atoms with Crippen molar-refractivity contribution in [3.63, 3.8) is 0 Å². The van der Waals surface area contributed by atoms with Crippen LogP contribution in [-0.2, 0) is 6.54 Å². The number of nitrogens with zero attached hydrogens (tertiary/aromatic N) is 1. The number of amides is 2. The van der Waals surface area contributed by atoms with Gasteiger partial charge in [0.05, 0.1) is 0 Å². The summed E-state index contributed by atoms with van der Waals surface area (Å²) in [6.07, 6.45) is 1.47. The topological polar surface area (TPSA) is 71.1 Å². The van der Waals surface area contributed by atoms with Crippen LogP contribution in [0.25, 0.3) is 0 Å². The summed E-state index contributed by atoms with van der Waals surface area (Å²) in [7, 11) is 0. The minimum Gasteiger partial charge on any atom is -0.348 e. The van der Waals surface area contributed by atoms with Crippen molar-refractivity contribution < 1.29 is 9.59 Å². The Labute approximate surface area is 136 Å². The van der Waals surface area contributed by atoms with Gasteiger partial charge in [0.1, 0.15) is 5.69 Å². The second-order valence-corrected chi connectivity index (χ2v) is 6.30. The van der Waals surface area contributed by atoms with Gasteiger partial charge in [0, 0.05) is 23.8 Å². The minimum atomic E-state index is -0.357. The van der Waals surface area contributed by atoms with Crippen molar-refractivity contribution in [3.05, 3.63) is 65.5 Å². The van der Waals surface area contributed by atoms with Crippen molar-refractivity contribution in [3.8, 4) is 0 Å². The fourth-order valence-electron chi connectivity index (χ4n) is 1.98. The molecule has 0 saturated heterocycles. The summed E-state index contributed by atoms with van der Waals surface area (Å²) in [6, 6.07) is 12.7. The van der Waals surface area contributed by atoms with E-state index in [9.17, 15) is 9.59 Å². The van der Waals surface area contributed by atoms with E-state index in [-0.39, 0.29) is 23.0 Å². The van der Waals surface area contributed by atoms with Gasteiger partial charge in [-0.05, 0) is 38.5 Å². The van der Waals surface area contributed by atoms with E-state index < -0.39 is 0 Å².